The first-order chi connectivity index (χ1) is 8.63. The first kappa shape index (κ1) is 14.6. The highest BCUT2D eigenvalue weighted by molar-refractivity contribution is 7.13. The second-order valence-corrected chi connectivity index (χ2v) is 4.95. The van der Waals surface area contributed by atoms with Crippen molar-refractivity contribution in [2.75, 3.05) is 5.32 Å². The molecule has 1 atom stereocenters. The Labute approximate surface area is 110 Å². The number of aliphatic carboxylic acids is 1. The van der Waals surface area contributed by atoms with Gasteiger partial charge in [-0.25, -0.2) is 4.98 Å². The van der Waals surface area contributed by atoms with Gasteiger partial charge in [0.05, 0.1) is 0 Å². The minimum absolute atomic E-state index is 0.0774. The summed E-state index contributed by atoms with van der Waals surface area (Å²) in [7, 11) is 0. The Morgan fingerprint density at radius 1 is 1.50 bits per heavy atom. The lowest BCUT2D eigenvalue weighted by Crippen LogP contribution is -2.30. The van der Waals surface area contributed by atoms with Crippen molar-refractivity contribution in [1.29, 1.82) is 0 Å². The predicted molar refractivity (Wildman–Crippen MR) is 68.0 cm³/mol. The van der Waals surface area contributed by atoms with Crippen LogP contribution >= 0.6 is 11.3 Å². The third kappa shape index (κ3) is 5.27. The van der Waals surface area contributed by atoms with Crippen LogP contribution in [0.1, 0.15) is 39.0 Å². The van der Waals surface area contributed by atoms with E-state index < -0.39 is 11.9 Å². The van der Waals surface area contributed by atoms with Crippen molar-refractivity contribution in [2.24, 2.45) is 5.92 Å². The number of carboxylic acid groups (broad SMARTS) is 1. The lowest BCUT2D eigenvalue weighted by Gasteiger charge is -2.15. The van der Waals surface area contributed by atoms with Crippen LogP contribution in [0, 0.1) is 5.92 Å². The van der Waals surface area contributed by atoms with E-state index in [9.17, 15) is 14.7 Å². The Balaban J connectivity index is 2.14. The summed E-state index contributed by atoms with van der Waals surface area (Å²) in [5, 5.41) is 15.8. The van der Waals surface area contributed by atoms with Crippen LogP contribution in [-0.2, 0) is 9.59 Å². The molecule has 0 radical (unpaired) electrons. The molecule has 0 saturated heterocycles. The van der Waals surface area contributed by atoms with Crippen molar-refractivity contribution >= 4 is 28.3 Å². The summed E-state index contributed by atoms with van der Waals surface area (Å²) in [5.74, 6) is -1.47. The Bertz CT molecular complexity index is 379. The Morgan fingerprint density at radius 3 is 2.83 bits per heavy atom. The zero-order valence-corrected chi connectivity index (χ0v) is 11.2. The summed E-state index contributed by atoms with van der Waals surface area (Å²) in [4.78, 5) is 26.1. The highest BCUT2D eigenvalue weighted by atomic mass is 32.1. The number of aromatic nitrogens is 1. The number of thiazole rings is 1. The molecule has 1 aromatic rings. The molecular weight excluding hydrogens is 252 g/mol. The summed E-state index contributed by atoms with van der Waals surface area (Å²) in [6.45, 7) is 1.83. The molecule has 1 amide bonds. The maximum atomic E-state index is 11.5. The summed E-state index contributed by atoms with van der Waals surface area (Å²) >= 11 is 1.37. The summed E-state index contributed by atoms with van der Waals surface area (Å²) in [6, 6.07) is 0. The molecule has 0 aliphatic rings. The fourth-order valence-electron chi connectivity index (χ4n) is 1.63. The third-order valence-electron chi connectivity index (χ3n) is 2.71. The SMILES string of the molecule is CC[C@H](CCCCC(=O)Nc1nccs1)C(=O)[O-]. The lowest BCUT2D eigenvalue weighted by molar-refractivity contribution is -0.311. The number of carbonyl (C=O) groups is 2. The second kappa shape index (κ2) is 7.81. The quantitative estimate of drug-likeness (QED) is 0.723. The van der Waals surface area contributed by atoms with Crippen molar-refractivity contribution in [1.82, 2.24) is 4.98 Å². The van der Waals surface area contributed by atoms with E-state index in [0.29, 0.717) is 30.8 Å². The van der Waals surface area contributed by atoms with E-state index in [-0.39, 0.29) is 5.91 Å². The van der Waals surface area contributed by atoms with Gasteiger partial charge in [-0.15, -0.1) is 11.3 Å². The van der Waals surface area contributed by atoms with Gasteiger partial charge in [0.1, 0.15) is 0 Å². The van der Waals surface area contributed by atoms with Gasteiger partial charge in [-0.3, -0.25) is 4.79 Å². The zero-order chi connectivity index (χ0) is 13.4. The van der Waals surface area contributed by atoms with Crippen LogP contribution in [0.4, 0.5) is 5.13 Å². The lowest BCUT2D eigenvalue weighted by atomic mass is 9.99. The number of nitrogens with one attached hydrogen (secondary N) is 1. The smallest absolute Gasteiger partial charge is 0.226 e. The molecular formula is C12H17N2O3S-. The summed E-state index contributed by atoms with van der Waals surface area (Å²) < 4.78 is 0. The topological polar surface area (TPSA) is 82.1 Å². The minimum Gasteiger partial charge on any atom is -0.550 e. The minimum atomic E-state index is -0.996. The van der Waals surface area contributed by atoms with E-state index in [0.717, 1.165) is 6.42 Å². The first-order valence-electron chi connectivity index (χ1n) is 6.03. The number of unbranched alkanes of at least 4 members (excludes halogenated alkanes) is 1. The molecule has 1 heterocycles. The molecule has 18 heavy (non-hydrogen) atoms. The molecule has 0 bridgehead atoms. The average Bonchev–Trinajstić information content (AvgIpc) is 2.81. The maximum Gasteiger partial charge on any atom is 0.226 e. The first-order valence-corrected chi connectivity index (χ1v) is 6.91. The number of hydrogen-bond donors (Lipinski definition) is 1. The number of amides is 1. The summed E-state index contributed by atoms with van der Waals surface area (Å²) in [6.07, 6.45) is 4.57. The second-order valence-electron chi connectivity index (χ2n) is 4.06. The predicted octanol–water partition coefficient (Wildman–Crippen LogP) is 1.42. The van der Waals surface area contributed by atoms with Gasteiger partial charge in [-0.05, 0) is 25.2 Å². The number of anilines is 1. The van der Waals surface area contributed by atoms with Crippen molar-refractivity contribution in [3.8, 4) is 0 Å². The van der Waals surface area contributed by atoms with Gasteiger partial charge in [0, 0.05) is 24.0 Å². The van der Waals surface area contributed by atoms with Crippen LogP contribution in [0.5, 0.6) is 0 Å². The molecule has 0 fully saturated rings. The molecule has 6 heteroatoms. The fourth-order valence-corrected chi connectivity index (χ4v) is 2.18. The molecule has 1 aromatic heterocycles. The van der Waals surface area contributed by atoms with E-state index in [1.54, 1.807) is 11.6 Å². The largest absolute Gasteiger partial charge is 0.550 e. The molecule has 100 valence electrons. The Morgan fingerprint density at radius 2 is 2.28 bits per heavy atom. The van der Waals surface area contributed by atoms with Crippen molar-refractivity contribution < 1.29 is 14.7 Å². The number of hydrogen-bond acceptors (Lipinski definition) is 5. The average molecular weight is 269 g/mol. The number of carbonyl (C=O) groups excluding carboxylic acids is 2. The highest BCUT2D eigenvalue weighted by Crippen LogP contribution is 2.14. The maximum absolute atomic E-state index is 11.5. The molecule has 0 aliphatic carbocycles. The van der Waals surface area contributed by atoms with Gasteiger partial charge in [0.2, 0.25) is 5.91 Å². The zero-order valence-electron chi connectivity index (χ0n) is 10.3. The van der Waals surface area contributed by atoms with Gasteiger partial charge in [-0.1, -0.05) is 13.3 Å². The number of nitrogens with zero attached hydrogens (tertiary/aromatic N) is 1. The van der Waals surface area contributed by atoms with Crippen LogP contribution < -0.4 is 10.4 Å². The van der Waals surface area contributed by atoms with Crippen molar-refractivity contribution in [3.63, 3.8) is 0 Å². The number of rotatable bonds is 8. The normalized spacial score (nSPS) is 12.1. The molecule has 0 spiro atoms. The molecule has 0 saturated carbocycles. The molecule has 0 aliphatic heterocycles. The molecule has 5 nitrogen and oxygen atoms in total. The Kier molecular flexibility index (Phi) is 6.35. The highest BCUT2D eigenvalue weighted by Gasteiger charge is 2.08. The van der Waals surface area contributed by atoms with Crippen molar-refractivity contribution in [3.05, 3.63) is 11.6 Å². The van der Waals surface area contributed by atoms with E-state index in [4.69, 9.17) is 0 Å². The monoisotopic (exact) mass is 269 g/mol. The van der Waals surface area contributed by atoms with Gasteiger partial charge in [-0.2, -0.15) is 0 Å². The van der Waals surface area contributed by atoms with Gasteiger partial charge < -0.3 is 15.2 Å². The fraction of sp³-hybridized carbons (Fsp3) is 0.583. The Hall–Kier alpha value is -1.43. The van der Waals surface area contributed by atoms with E-state index in [1.165, 1.54) is 11.3 Å². The van der Waals surface area contributed by atoms with E-state index >= 15 is 0 Å². The molecule has 0 aromatic carbocycles. The van der Waals surface area contributed by atoms with Crippen LogP contribution in [0.3, 0.4) is 0 Å². The van der Waals surface area contributed by atoms with Crippen LogP contribution in [-0.4, -0.2) is 16.9 Å². The molecule has 1 N–H and O–H groups in total. The molecule has 1 rings (SSSR count). The molecule has 0 unspecified atom stereocenters. The van der Waals surface area contributed by atoms with E-state index in [1.807, 2.05) is 6.92 Å². The van der Waals surface area contributed by atoms with Crippen molar-refractivity contribution in [2.45, 2.75) is 39.0 Å². The van der Waals surface area contributed by atoms with Gasteiger partial charge in [0.25, 0.3) is 0 Å². The standard InChI is InChI=1S/C12H18N2O3S/c1-2-9(11(16)17)5-3-4-6-10(15)14-12-13-7-8-18-12/h7-9H,2-6H2,1H3,(H,16,17)(H,13,14,15)/p-1/t9-/m1/s1. The third-order valence-corrected chi connectivity index (χ3v) is 3.40. The van der Waals surface area contributed by atoms with Gasteiger partial charge in [0.15, 0.2) is 5.13 Å². The summed E-state index contributed by atoms with van der Waals surface area (Å²) in [5.41, 5.74) is 0. The van der Waals surface area contributed by atoms with Crippen LogP contribution in [0.2, 0.25) is 0 Å². The van der Waals surface area contributed by atoms with Crippen LogP contribution in [0.25, 0.3) is 0 Å². The van der Waals surface area contributed by atoms with E-state index in [2.05, 4.69) is 10.3 Å². The van der Waals surface area contributed by atoms with Gasteiger partial charge >= 0.3 is 0 Å². The van der Waals surface area contributed by atoms with Crippen LogP contribution in [0.15, 0.2) is 11.6 Å². The number of carboxylic acids is 1.